The number of ether oxygens (including phenoxy) is 2. The summed E-state index contributed by atoms with van der Waals surface area (Å²) in [5.41, 5.74) is 0.752. The maximum absolute atomic E-state index is 11.5. The summed E-state index contributed by atoms with van der Waals surface area (Å²) in [4.78, 5) is 11.5. The molecule has 94 valence electrons. The van der Waals surface area contributed by atoms with Crippen LogP contribution in [0.1, 0.15) is 5.56 Å². The van der Waals surface area contributed by atoms with Crippen molar-refractivity contribution < 1.29 is 19.4 Å². The summed E-state index contributed by atoms with van der Waals surface area (Å²) in [7, 11) is 3.12. The first-order valence-electron chi connectivity index (χ1n) is 5.29. The molecule has 0 aliphatic carbocycles. The first kappa shape index (κ1) is 13.3. The van der Waals surface area contributed by atoms with E-state index in [0.717, 1.165) is 5.56 Å². The summed E-state index contributed by atoms with van der Waals surface area (Å²) in [6.45, 7) is 0.187. The number of amides is 1. The normalized spacial score (nSPS) is 9.82. The number of carbonyl (C=O) groups is 1. The lowest BCUT2D eigenvalue weighted by Gasteiger charge is -2.10. The summed E-state index contributed by atoms with van der Waals surface area (Å²) in [5, 5.41) is 11.2. The number of nitrogens with one attached hydrogen (secondary N) is 1. The summed E-state index contributed by atoms with van der Waals surface area (Å²) < 4.78 is 10.3. The van der Waals surface area contributed by atoms with Gasteiger partial charge in [0, 0.05) is 12.1 Å². The Morgan fingerprint density at radius 3 is 2.71 bits per heavy atom. The summed E-state index contributed by atoms with van der Waals surface area (Å²) >= 11 is 0. The molecule has 0 saturated heterocycles. The van der Waals surface area contributed by atoms with Crippen molar-refractivity contribution in [2.24, 2.45) is 0 Å². The van der Waals surface area contributed by atoms with Crippen LogP contribution >= 0.6 is 0 Å². The molecule has 0 unspecified atom stereocenters. The van der Waals surface area contributed by atoms with Gasteiger partial charge in [-0.25, -0.2) is 0 Å². The molecule has 0 saturated carbocycles. The van der Waals surface area contributed by atoms with Crippen molar-refractivity contribution >= 4 is 5.91 Å². The standard InChI is InChI=1S/C12H17NO4/c1-16-10-3-4-11(17-2)9(7-10)8-12(15)13-5-6-14/h3-4,7,14H,5-6,8H2,1-2H3,(H,13,15). The molecule has 2 N–H and O–H groups in total. The Bertz CT molecular complexity index is 379. The number of aliphatic hydroxyl groups is 1. The average Bonchev–Trinajstić information content (AvgIpc) is 2.36. The molecule has 0 spiro atoms. The zero-order chi connectivity index (χ0) is 12.7. The van der Waals surface area contributed by atoms with E-state index >= 15 is 0 Å². The Labute approximate surface area is 100 Å². The molecule has 0 aliphatic rings. The van der Waals surface area contributed by atoms with Crippen LogP contribution in [0.5, 0.6) is 11.5 Å². The maximum Gasteiger partial charge on any atom is 0.224 e. The molecule has 5 heteroatoms. The van der Waals surface area contributed by atoms with Gasteiger partial charge in [0.25, 0.3) is 0 Å². The summed E-state index contributed by atoms with van der Waals surface area (Å²) in [5.74, 6) is 1.16. The van der Waals surface area contributed by atoms with E-state index in [1.807, 2.05) is 0 Å². The maximum atomic E-state index is 11.5. The minimum Gasteiger partial charge on any atom is -0.497 e. The van der Waals surface area contributed by atoms with Crippen LogP contribution in [0, 0.1) is 0 Å². The Balaban J connectivity index is 2.76. The van der Waals surface area contributed by atoms with Crippen molar-refractivity contribution in [3.05, 3.63) is 23.8 Å². The van der Waals surface area contributed by atoms with E-state index in [0.29, 0.717) is 11.5 Å². The van der Waals surface area contributed by atoms with E-state index in [1.165, 1.54) is 0 Å². The fourth-order valence-electron chi connectivity index (χ4n) is 1.45. The number of carbonyl (C=O) groups excluding carboxylic acids is 1. The van der Waals surface area contributed by atoms with E-state index in [-0.39, 0.29) is 25.5 Å². The van der Waals surface area contributed by atoms with E-state index in [9.17, 15) is 4.79 Å². The molecule has 0 atom stereocenters. The molecule has 0 heterocycles. The molecule has 1 aromatic carbocycles. The second-order valence-electron chi connectivity index (χ2n) is 3.43. The Morgan fingerprint density at radius 2 is 2.12 bits per heavy atom. The fourth-order valence-corrected chi connectivity index (χ4v) is 1.45. The highest BCUT2D eigenvalue weighted by molar-refractivity contribution is 5.79. The van der Waals surface area contributed by atoms with Crippen molar-refractivity contribution in [3.8, 4) is 11.5 Å². The van der Waals surface area contributed by atoms with Crippen LogP contribution in [0.3, 0.4) is 0 Å². The van der Waals surface area contributed by atoms with Crippen LogP contribution in [0.15, 0.2) is 18.2 Å². The van der Waals surface area contributed by atoms with Gasteiger partial charge < -0.3 is 19.9 Å². The Morgan fingerprint density at radius 1 is 1.35 bits per heavy atom. The van der Waals surface area contributed by atoms with Crippen LogP contribution in [0.2, 0.25) is 0 Å². The third kappa shape index (κ3) is 3.96. The van der Waals surface area contributed by atoms with E-state index in [2.05, 4.69) is 5.32 Å². The molecule has 1 amide bonds. The number of rotatable bonds is 6. The lowest BCUT2D eigenvalue weighted by atomic mass is 10.1. The molecule has 0 aromatic heterocycles. The van der Waals surface area contributed by atoms with Crippen LogP contribution in [0.25, 0.3) is 0 Å². The van der Waals surface area contributed by atoms with Gasteiger partial charge in [0.1, 0.15) is 11.5 Å². The predicted molar refractivity (Wildman–Crippen MR) is 63.3 cm³/mol. The van der Waals surface area contributed by atoms with Gasteiger partial charge in [-0.1, -0.05) is 0 Å². The smallest absolute Gasteiger partial charge is 0.224 e. The second-order valence-corrected chi connectivity index (χ2v) is 3.43. The van der Waals surface area contributed by atoms with Crippen LogP contribution < -0.4 is 14.8 Å². The highest BCUT2D eigenvalue weighted by atomic mass is 16.5. The molecule has 0 fully saturated rings. The first-order valence-corrected chi connectivity index (χ1v) is 5.29. The highest BCUT2D eigenvalue weighted by Crippen LogP contribution is 2.24. The zero-order valence-corrected chi connectivity index (χ0v) is 10.0. The number of aliphatic hydroxyl groups excluding tert-OH is 1. The molecule has 0 aliphatic heterocycles. The molecule has 17 heavy (non-hydrogen) atoms. The van der Waals surface area contributed by atoms with Gasteiger partial charge in [-0.15, -0.1) is 0 Å². The topological polar surface area (TPSA) is 67.8 Å². The van der Waals surface area contributed by atoms with E-state index < -0.39 is 0 Å². The van der Waals surface area contributed by atoms with Crippen LogP contribution in [-0.2, 0) is 11.2 Å². The van der Waals surface area contributed by atoms with Gasteiger partial charge in [-0.05, 0) is 18.2 Å². The van der Waals surface area contributed by atoms with E-state index in [1.54, 1.807) is 32.4 Å². The lowest BCUT2D eigenvalue weighted by molar-refractivity contribution is -0.120. The van der Waals surface area contributed by atoms with Gasteiger partial charge in [-0.2, -0.15) is 0 Å². The SMILES string of the molecule is COc1ccc(OC)c(CC(=O)NCCO)c1. The third-order valence-corrected chi connectivity index (χ3v) is 2.27. The van der Waals surface area contributed by atoms with Gasteiger partial charge >= 0.3 is 0 Å². The minimum atomic E-state index is -0.161. The van der Waals surface area contributed by atoms with Crippen molar-refractivity contribution in [1.82, 2.24) is 5.32 Å². The fraction of sp³-hybridized carbons (Fsp3) is 0.417. The van der Waals surface area contributed by atoms with Gasteiger partial charge in [0.15, 0.2) is 0 Å². The second kappa shape index (κ2) is 6.75. The van der Waals surface area contributed by atoms with Crippen molar-refractivity contribution in [1.29, 1.82) is 0 Å². The minimum absolute atomic E-state index is 0.0685. The van der Waals surface area contributed by atoms with E-state index in [4.69, 9.17) is 14.6 Å². The van der Waals surface area contributed by atoms with Crippen molar-refractivity contribution in [2.75, 3.05) is 27.4 Å². The van der Waals surface area contributed by atoms with Crippen molar-refractivity contribution in [2.45, 2.75) is 6.42 Å². The summed E-state index contributed by atoms with van der Waals surface area (Å²) in [6, 6.07) is 5.29. The molecular formula is C12H17NO4. The lowest BCUT2D eigenvalue weighted by Crippen LogP contribution is -2.27. The van der Waals surface area contributed by atoms with Crippen molar-refractivity contribution in [3.63, 3.8) is 0 Å². The monoisotopic (exact) mass is 239 g/mol. The molecule has 1 aromatic rings. The van der Waals surface area contributed by atoms with Gasteiger partial charge in [-0.3, -0.25) is 4.79 Å². The largest absolute Gasteiger partial charge is 0.497 e. The summed E-state index contributed by atoms with van der Waals surface area (Å²) in [6.07, 6.45) is 0.195. The zero-order valence-electron chi connectivity index (χ0n) is 10.0. The quantitative estimate of drug-likeness (QED) is 0.752. The first-order chi connectivity index (χ1) is 8.21. The van der Waals surface area contributed by atoms with Crippen LogP contribution in [-0.4, -0.2) is 38.4 Å². The van der Waals surface area contributed by atoms with Crippen LogP contribution in [0.4, 0.5) is 0 Å². The van der Waals surface area contributed by atoms with Gasteiger partial charge in [0.2, 0.25) is 5.91 Å². The number of methoxy groups -OCH3 is 2. The van der Waals surface area contributed by atoms with Gasteiger partial charge in [0.05, 0.1) is 27.2 Å². The Kier molecular flexibility index (Phi) is 5.29. The molecule has 1 rings (SSSR count). The number of hydrogen-bond acceptors (Lipinski definition) is 4. The number of benzene rings is 1. The molecule has 0 bridgehead atoms. The molecule has 5 nitrogen and oxygen atoms in total. The number of hydrogen-bond donors (Lipinski definition) is 2. The third-order valence-electron chi connectivity index (χ3n) is 2.27. The Hall–Kier alpha value is -1.75. The highest BCUT2D eigenvalue weighted by Gasteiger charge is 2.09. The molecular weight excluding hydrogens is 222 g/mol. The molecule has 0 radical (unpaired) electrons. The average molecular weight is 239 g/mol. The predicted octanol–water partition coefficient (Wildman–Crippen LogP) is 0.355.